The number of carbonyl (C=O) groups is 1. The molecule has 5 rings (SSSR count). The van der Waals surface area contributed by atoms with Crippen LogP contribution in [-0.2, 0) is 11.2 Å². The van der Waals surface area contributed by atoms with E-state index >= 15 is 0 Å². The number of hydrogen-bond donors (Lipinski definition) is 0. The van der Waals surface area contributed by atoms with E-state index in [2.05, 4.69) is 52.3 Å². The van der Waals surface area contributed by atoms with Gasteiger partial charge in [0.05, 0.1) is 6.04 Å². The fourth-order valence-electron chi connectivity index (χ4n) is 5.17. The van der Waals surface area contributed by atoms with Crippen LogP contribution in [0.15, 0.2) is 72.8 Å². The minimum Gasteiger partial charge on any atom is -0.311 e. The molecule has 0 bridgehead atoms. The molecule has 31 heavy (non-hydrogen) atoms. The van der Waals surface area contributed by atoms with Gasteiger partial charge in [-0.3, -0.25) is 9.69 Å². The van der Waals surface area contributed by atoms with Crippen LogP contribution in [0.1, 0.15) is 18.4 Å². The van der Waals surface area contributed by atoms with Crippen molar-refractivity contribution in [3.05, 3.63) is 78.4 Å². The zero-order chi connectivity index (χ0) is 21.0. The smallest absolute Gasteiger partial charge is 0.244 e. The maximum Gasteiger partial charge on any atom is 0.244 e. The highest BCUT2D eigenvalue weighted by atomic mass is 16.2. The quantitative estimate of drug-likeness (QED) is 0.606. The Morgan fingerprint density at radius 1 is 0.774 bits per heavy atom. The number of anilines is 1. The third kappa shape index (κ3) is 4.36. The number of aryl methyl sites for hydroxylation is 1. The van der Waals surface area contributed by atoms with Gasteiger partial charge < -0.3 is 9.80 Å². The first-order chi connectivity index (χ1) is 15.3. The van der Waals surface area contributed by atoms with Crippen molar-refractivity contribution in [2.24, 2.45) is 0 Å². The first-order valence-corrected chi connectivity index (χ1v) is 11.6. The summed E-state index contributed by atoms with van der Waals surface area (Å²) < 4.78 is 0. The average molecular weight is 414 g/mol. The minimum atomic E-state index is 0.0537. The predicted molar refractivity (Wildman–Crippen MR) is 127 cm³/mol. The summed E-state index contributed by atoms with van der Waals surface area (Å²) in [6.07, 6.45) is 3.24. The molecule has 3 aromatic rings. The lowest BCUT2D eigenvalue weighted by Crippen LogP contribution is -2.52. The topological polar surface area (TPSA) is 26.8 Å². The number of para-hydroxylation sites is 1. The molecule has 4 nitrogen and oxygen atoms in total. The largest absolute Gasteiger partial charge is 0.311 e. The Bertz CT molecular complexity index is 1020. The maximum absolute atomic E-state index is 13.0. The Kier molecular flexibility index (Phi) is 6.01. The first kappa shape index (κ1) is 20.2. The zero-order valence-electron chi connectivity index (χ0n) is 18.1. The lowest BCUT2D eigenvalue weighted by Gasteiger charge is -2.37. The van der Waals surface area contributed by atoms with E-state index in [1.54, 1.807) is 0 Å². The molecule has 2 heterocycles. The Labute approximate surface area is 185 Å². The van der Waals surface area contributed by atoms with Gasteiger partial charge in [0.2, 0.25) is 5.91 Å². The van der Waals surface area contributed by atoms with E-state index in [-0.39, 0.29) is 11.9 Å². The molecular formula is C27H31N3O. The molecule has 4 heteroatoms. The molecule has 0 radical (unpaired) electrons. The van der Waals surface area contributed by atoms with E-state index in [1.807, 2.05) is 35.2 Å². The molecular weight excluding hydrogens is 382 g/mol. The van der Waals surface area contributed by atoms with Gasteiger partial charge in [-0.1, -0.05) is 60.7 Å². The summed E-state index contributed by atoms with van der Waals surface area (Å²) in [5.41, 5.74) is 2.48. The summed E-state index contributed by atoms with van der Waals surface area (Å²) in [6, 6.07) is 25.5. The third-order valence-corrected chi connectivity index (χ3v) is 6.89. The highest BCUT2D eigenvalue weighted by Gasteiger charge is 2.37. The molecule has 0 spiro atoms. The number of rotatable bonds is 6. The average Bonchev–Trinajstić information content (AvgIpc) is 3.21. The van der Waals surface area contributed by atoms with Crippen LogP contribution in [-0.4, -0.2) is 61.0 Å². The molecule has 1 atom stereocenters. The Hall–Kier alpha value is -2.69. The van der Waals surface area contributed by atoms with Crippen molar-refractivity contribution in [1.29, 1.82) is 0 Å². The van der Waals surface area contributed by atoms with Gasteiger partial charge in [0, 0.05) is 38.4 Å². The monoisotopic (exact) mass is 413 g/mol. The van der Waals surface area contributed by atoms with Crippen molar-refractivity contribution in [3.8, 4) is 0 Å². The minimum absolute atomic E-state index is 0.0537. The molecule has 3 aromatic carbocycles. The summed E-state index contributed by atoms with van der Waals surface area (Å²) in [4.78, 5) is 19.9. The molecule has 1 amide bonds. The van der Waals surface area contributed by atoms with Crippen molar-refractivity contribution in [2.45, 2.75) is 25.3 Å². The summed E-state index contributed by atoms with van der Waals surface area (Å²) in [5, 5.41) is 2.72. The molecule has 2 aliphatic heterocycles. The number of benzene rings is 3. The van der Waals surface area contributed by atoms with Gasteiger partial charge in [0.25, 0.3) is 0 Å². The van der Waals surface area contributed by atoms with Gasteiger partial charge in [-0.2, -0.15) is 0 Å². The highest BCUT2D eigenvalue weighted by Crippen LogP contribution is 2.25. The Morgan fingerprint density at radius 3 is 2.35 bits per heavy atom. The zero-order valence-corrected chi connectivity index (χ0v) is 18.1. The van der Waals surface area contributed by atoms with E-state index in [0.717, 1.165) is 57.8 Å². The van der Waals surface area contributed by atoms with Crippen LogP contribution >= 0.6 is 0 Å². The first-order valence-electron chi connectivity index (χ1n) is 11.6. The van der Waals surface area contributed by atoms with Gasteiger partial charge >= 0.3 is 0 Å². The second-order valence-corrected chi connectivity index (χ2v) is 8.75. The number of nitrogens with zero attached hydrogens (tertiary/aromatic N) is 3. The van der Waals surface area contributed by atoms with E-state index in [0.29, 0.717) is 0 Å². The SMILES string of the molecule is O=C1C(N2CCN(CCCc3cccc4ccccc34)CC2)CCN1c1ccccc1. The molecule has 160 valence electrons. The summed E-state index contributed by atoms with van der Waals surface area (Å²) in [6.45, 7) is 6.07. The van der Waals surface area contributed by atoms with Crippen LogP contribution in [0.5, 0.6) is 0 Å². The van der Waals surface area contributed by atoms with Crippen molar-refractivity contribution in [3.63, 3.8) is 0 Å². The highest BCUT2D eigenvalue weighted by molar-refractivity contribution is 5.99. The van der Waals surface area contributed by atoms with E-state index in [4.69, 9.17) is 0 Å². The lowest BCUT2D eigenvalue weighted by molar-refractivity contribution is -0.122. The summed E-state index contributed by atoms with van der Waals surface area (Å²) >= 11 is 0. The molecule has 0 aliphatic carbocycles. The van der Waals surface area contributed by atoms with E-state index in [9.17, 15) is 4.79 Å². The van der Waals surface area contributed by atoms with Crippen molar-refractivity contribution >= 4 is 22.4 Å². The number of hydrogen-bond acceptors (Lipinski definition) is 3. The number of fused-ring (bicyclic) bond motifs is 1. The van der Waals surface area contributed by atoms with Crippen molar-refractivity contribution in [1.82, 2.24) is 9.80 Å². The molecule has 0 aromatic heterocycles. The van der Waals surface area contributed by atoms with E-state index < -0.39 is 0 Å². The van der Waals surface area contributed by atoms with Gasteiger partial charge in [-0.25, -0.2) is 0 Å². The van der Waals surface area contributed by atoms with Crippen LogP contribution in [0, 0.1) is 0 Å². The molecule has 2 aliphatic rings. The van der Waals surface area contributed by atoms with Crippen molar-refractivity contribution in [2.75, 3.05) is 44.2 Å². The predicted octanol–water partition coefficient (Wildman–Crippen LogP) is 4.20. The van der Waals surface area contributed by atoms with Crippen LogP contribution in [0.3, 0.4) is 0 Å². The molecule has 2 fully saturated rings. The second kappa shape index (κ2) is 9.21. The van der Waals surface area contributed by atoms with Gasteiger partial charge in [-0.15, -0.1) is 0 Å². The van der Waals surface area contributed by atoms with Gasteiger partial charge in [-0.05, 0) is 54.3 Å². The number of carbonyl (C=O) groups excluding carboxylic acids is 1. The standard InChI is InChI=1S/C27H31N3O/c31-27-26(15-17-30(27)24-12-2-1-3-13-24)29-20-18-28(19-21-29)16-7-11-23-10-6-9-22-8-4-5-14-25(22)23/h1-6,8-10,12-14,26H,7,11,15-21H2. The fraction of sp³-hybridized carbons (Fsp3) is 0.370. The molecule has 1 unspecified atom stereocenters. The van der Waals surface area contributed by atoms with Gasteiger partial charge in [0.1, 0.15) is 0 Å². The van der Waals surface area contributed by atoms with Crippen LogP contribution < -0.4 is 4.90 Å². The lowest BCUT2D eigenvalue weighted by atomic mass is 10.0. The summed E-state index contributed by atoms with van der Waals surface area (Å²) in [5.74, 6) is 0.274. The van der Waals surface area contributed by atoms with E-state index in [1.165, 1.54) is 22.8 Å². The molecule has 0 saturated carbocycles. The Morgan fingerprint density at radius 2 is 1.52 bits per heavy atom. The van der Waals surface area contributed by atoms with Crippen LogP contribution in [0.25, 0.3) is 10.8 Å². The third-order valence-electron chi connectivity index (χ3n) is 6.89. The fourth-order valence-corrected chi connectivity index (χ4v) is 5.17. The van der Waals surface area contributed by atoms with Crippen LogP contribution in [0.2, 0.25) is 0 Å². The summed E-state index contributed by atoms with van der Waals surface area (Å²) in [7, 11) is 0. The molecule has 0 N–H and O–H groups in total. The second-order valence-electron chi connectivity index (χ2n) is 8.75. The normalized spacial score (nSPS) is 20.6. The molecule has 2 saturated heterocycles. The number of amides is 1. The Balaban J connectivity index is 1.11. The van der Waals surface area contributed by atoms with Crippen LogP contribution in [0.4, 0.5) is 5.69 Å². The number of piperazine rings is 1. The van der Waals surface area contributed by atoms with Gasteiger partial charge in [0.15, 0.2) is 0 Å². The maximum atomic E-state index is 13.0. The van der Waals surface area contributed by atoms with Crippen molar-refractivity contribution < 1.29 is 4.79 Å².